The molecule has 0 spiro atoms. The number of aliphatic hydroxyl groups is 1. The zero-order chi connectivity index (χ0) is 11.8. The number of aliphatic hydroxyl groups excluding tert-OH is 1. The third-order valence-corrected chi connectivity index (χ3v) is 2.62. The molecule has 0 bridgehead atoms. The first-order valence-corrected chi connectivity index (χ1v) is 5.76. The van der Waals surface area contributed by atoms with E-state index in [1.165, 1.54) is 17.7 Å². The van der Waals surface area contributed by atoms with Crippen molar-refractivity contribution in [2.75, 3.05) is 26.7 Å². The molecule has 3 heteroatoms. The Hall–Kier alpha value is -0.930. The van der Waals surface area contributed by atoms with Gasteiger partial charge < -0.3 is 10.0 Å². The summed E-state index contributed by atoms with van der Waals surface area (Å²) in [4.78, 5) is 2.21. The molecule has 1 aromatic rings. The fourth-order valence-corrected chi connectivity index (χ4v) is 1.66. The summed E-state index contributed by atoms with van der Waals surface area (Å²) in [5, 5.41) is 8.68. The van der Waals surface area contributed by atoms with Crippen LogP contribution in [0.3, 0.4) is 0 Å². The van der Waals surface area contributed by atoms with Crippen LogP contribution in [0.25, 0.3) is 0 Å². The van der Waals surface area contributed by atoms with Crippen LogP contribution < -0.4 is 0 Å². The molecule has 0 fully saturated rings. The van der Waals surface area contributed by atoms with Gasteiger partial charge in [0.15, 0.2) is 0 Å². The van der Waals surface area contributed by atoms with Crippen molar-refractivity contribution in [2.24, 2.45) is 0 Å². The van der Waals surface area contributed by atoms with Crippen LogP contribution in [-0.4, -0.2) is 36.8 Å². The molecule has 0 aromatic heterocycles. The minimum Gasteiger partial charge on any atom is -0.396 e. The Morgan fingerprint density at radius 2 is 1.75 bits per heavy atom. The molecular formula is C13H20FNO. The number of benzene rings is 1. The molecule has 0 amide bonds. The predicted molar refractivity (Wildman–Crippen MR) is 63.9 cm³/mol. The maximum Gasteiger partial charge on any atom is 0.123 e. The van der Waals surface area contributed by atoms with Crippen LogP contribution in [0.15, 0.2) is 24.3 Å². The molecular weight excluding hydrogens is 205 g/mol. The fraction of sp³-hybridized carbons (Fsp3) is 0.538. The van der Waals surface area contributed by atoms with E-state index in [1.54, 1.807) is 0 Å². The number of hydrogen-bond acceptors (Lipinski definition) is 2. The van der Waals surface area contributed by atoms with Crippen molar-refractivity contribution in [1.29, 1.82) is 0 Å². The Labute approximate surface area is 96.7 Å². The van der Waals surface area contributed by atoms with E-state index in [0.29, 0.717) is 0 Å². The lowest BCUT2D eigenvalue weighted by atomic mass is 10.1. The quantitative estimate of drug-likeness (QED) is 0.768. The van der Waals surface area contributed by atoms with Gasteiger partial charge in [0.2, 0.25) is 0 Å². The number of rotatable bonds is 7. The van der Waals surface area contributed by atoms with Crippen LogP contribution in [0.4, 0.5) is 4.39 Å². The van der Waals surface area contributed by atoms with E-state index < -0.39 is 0 Å². The first-order chi connectivity index (χ1) is 7.72. The summed E-state index contributed by atoms with van der Waals surface area (Å²) < 4.78 is 12.6. The van der Waals surface area contributed by atoms with Gasteiger partial charge in [-0.15, -0.1) is 0 Å². The standard InChI is InChI=1S/C13H20FNO/c1-15(10-3-11-16)9-2-4-12-5-7-13(14)8-6-12/h5-8,16H,2-4,9-11H2,1H3. The van der Waals surface area contributed by atoms with Crippen molar-refractivity contribution in [1.82, 2.24) is 4.90 Å². The van der Waals surface area contributed by atoms with Gasteiger partial charge in [-0.05, 0) is 50.6 Å². The minimum absolute atomic E-state index is 0.177. The van der Waals surface area contributed by atoms with Crippen molar-refractivity contribution in [3.63, 3.8) is 0 Å². The SMILES string of the molecule is CN(CCCO)CCCc1ccc(F)cc1. The summed E-state index contributed by atoms with van der Waals surface area (Å²) in [7, 11) is 2.06. The van der Waals surface area contributed by atoms with E-state index in [4.69, 9.17) is 5.11 Å². The summed E-state index contributed by atoms with van der Waals surface area (Å²) in [5.41, 5.74) is 1.18. The number of halogens is 1. The average Bonchev–Trinajstić information content (AvgIpc) is 2.29. The monoisotopic (exact) mass is 225 g/mol. The van der Waals surface area contributed by atoms with Crippen molar-refractivity contribution < 1.29 is 9.50 Å². The molecule has 0 radical (unpaired) electrons. The summed E-state index contributed by atoms with van der Waals surface area (Å²) in [6.45, 7) is 2.19. The Morgan fingerprint density at radius 1 is 1.12 bits per heavy atom. The average molecular weight is 225 g/mol. The molecule has 16 heavy (non-hydrogen) atoms. The summed E-state index contributed by atoms with van der Waals surface area (Å²) >= 11 is 0. The highest BCUT2D eigenvalue weighted by Crippen LogP contribution is 2.05. The Balaban J connectivity index is 2.17. The van der Waals surface area contributed by atoms with Crippen molar-refractivity contribution in [2.45, 2.75) is 19.3 Å². The molecule has 0 unspecified atom stereocenters. The van der Waals surface area contributed by atoms with E-state index >= 15 is 0 Å². The third kappa shape index (κ3) is 5.24. The van der Waals surface area contributed by atoms with E-state index in [-0.39, 0.29) is 12.4 Å². The third-order valence-electron chi connectivity index (χ3n) is 2.62. The van der Waals surface area contributed by atoms with Gasteiger partial charge in [-0.2, -0.15) is 0 Å². The van der Waals surface area contributed by atoms with Gasteiger partial charge in [-0.1, -0.05) is 12.1 Å². The lowest BCUT2D eigenvalue weighted by Crippen LogP contribution is -2.22. The molecule has 0 heterocycles. The first-order valence-electron chi connectivity index (χ1n) is 5.76. The summed E-state index contributed by atoms with van der Waals surface area (Å²) in [6, 6.07) is 6.68. The molecule has 2 nitrogen and oxygen atoms in total. The van der Waals surface area contributed by atoms with Gasteiger partial charge in [0.25, 0.3) is 0 Å². The van der Waals surface area contributed by atoms with Gasteiger partial charge in [0, 0.05) is 13.2 Å². The maximum atomic E-state index is 12.6. The first kappa shape index (κ1) is 13.1. The Bertz CT molecular complexity index is 286. The van der Waals surface area contributed by atoms with Crippen molar-refractivity contribution >= 4 is 0 Å². The highest BCUT2D eigenvalue weighted by Gasteiger charge is 1.99. The molecule has 0 aliphatic carbocycles. The second-order valence-corrected chi connectivity index (χ2v) is 4.11. The van der Waals surface area contributed by atoms with Crippen molar-refractivity contribution in [3.05, 3.63) is 35.6 Å². The summed E-state index contributed by atoms with van der Waals surface area (Å²) in [5.74, 6) is -0.177. The number of nitrogens with zero attached hydrogens (tertiary/aromatic N) is 1. The van der Waals surface area contributed by atoms with Crippen LogP contribution in [0.5, 0.6) is 0 Å². The topological polar surface area (TPSA) is 23.5 Å². The molecule has 1 rings (SSSR count). The van der Waals surface area contributed by atoms with E-state index in [2.05, 4.69) is 11.9 Å². The fourth-order valence-electron chi connectivity index (χ4n) is 1.66. The van der Waals surface area contributed by atoms with Crippen LogP contribution in [0.2, 0.25) is 0 Å². The number of aryl methyl sites for hydroxylation is 1. The van der Waals surface area contributed by atoms with E-state index in [0.717, 1.165) is 32.4 Å². The van der Waals surface area contributed by atoms with Gasteiger partial charge in [-0.3, -0.25) is 0 Å². The lowest BCUT2D eigenvalue weighted by molar-refractivity contribution is 0.246. The molecule has 1 N–H and O–H groups in total. The van der Waals surface area contributed by atoms with Gasteiger partial charge in [-0.25, -0.2) is 4.39 Å². The zero-order valence-electron chi connectivity index (χ0n) is 9.82. The van der Waals surface area contributed by atoms with Gasteiger partial charge in [0.05, 0.1) is 0 Å². The smallest absolute Gasteiger partial charge is 0.123 e. The van der Waals surface area contributed by atoms with Gasteiger partial charge in [0.1, 0.15) is 5.82 Å². The second-order valence-electron chi connectivity index (χ2n) is 4.11. The summed E-state index contributed by atoms with van der Waals surface area (Å²) in [6.07, 6.45) is 2.87. The van der Waals surface area contributed by atoms with Crippen LogP contribution in [-0.2, 0) is 6.42 Å². The van der Waals surface area contributed by atoms with Crippen LogP contribution >= 0.6 is 0 Å². The highest BCUT2D eigenvalue weighted by atomic mass is 19.1. The predicted octanol–water partition coefficient (Wildman–Crippen LogP) is 2.07. The Kier molecular flexibility index (Phi) is 6.04. The lowest BCUT2D eigenvalue weighted by Gasteiger charge is -2.15. The van der Waals surface area contributed by atoms with Crippen molar-refractivity contribution in [3.8, 4) is 0 Å². The van der Waals surface area contributed by atoms with E-state index in [1.807, 2.05) is 12.1 Å². The maximum absolute atomic E-state index is 12.6. The Morgan fingerprint density at radius 3 is 2.38 bits per heavy atom. The van der Waals surface area contributed by atoms with E-state index in [9.17, 15) is 4.39 Å². The molecule has 90 valence electrons. The van der Waals surface area contributed by atoms with Crippen LogP contribution in [0.1, 0.15) is 18.4 Å². The normalized spacial score (nSPS) is 11.0. The largest absolute Gasteiger partial charge is 0.396 e. The number of hydrogen-bond donors (Lipinski definition) is 1. The second kappa shape index (κ2) is 7.36. The molecule has 1 aromatic carbocycles. The molecule has 0 atom stereocenters. The molecule has 0 aliphatic rings. The minimum atomic E-state index is -0.177. The van der Waals surface area contributed by atoms with Crippen LogP contribution in [0, 0.1) is 5.82 Å². The zero-order valence-corrected chi connectivity index (χ0v) is 9.82. The highest BCUT2D eigenvalue weighted by molar-refractivity contribution is 5.15. The molecule has 0 saturated carbocycles. The molecule has 0 aliphatic heterocycles. The molecule has 0 saturated heterocycles. The van der Waals surface area contributed by atoms with Gasteiger partial charge >= 0.3 is 0 Å².